The van der Waals surface area contributed by atoms with Gasteiger partial charge in [0.15, 0.2) is 11.6 Å². The van der Waals surface area contributed by atoms with Gasteiger partial charge in [-0.25, -0.2) is 0 Å². The molecular weight excluding hydrogens is 808 g/mol. The molecule has 1 aromatic carbocycles. The summed E-state index contributed by atoms with van der Waals surface area (Å²) in [6, 6.07) is 7.47. The highest BCUT2D eigenvalue weighted by molar-refractivity contribution is 9.09. The van der Waals surface area contributed by atoms with Crippen LogP contribution in [0.5, 0.6) is 0 Å². The number of nitrogens with one attached hydrogen (secondary N) is 3. The smallest absolute Gasteiger partial charge is 0.303 e. The third-order valence-electron chi connectivity index (χ3n) is 15.9. The van der Waals surface area contributed by atoms with Crippen molar-refractivity contribution >= 4 is 56.9 Å². The van der Waals surface area contributed by atoms with E-state index in [1.54, 1.807) is 12.2 Å². The number of anilines is 1. The van der Waals surface area contributed by atoms with E-state index in [-0.39, 0.29) is 82.2 Å². The molecule has 9 rings (SSSR count). The molecule has 1 unspecified atom stereocenters. The van der Waals surface area contributed by atoms with Crippen molar-refractivity contribution in [1.82, 2.24) is 16.0 Å². The lowest BCUT2D eigenvalue weighted by molar-refractivity contribution is -0.166. The van der Waals surface area contributed by atoms with Gasteiger partial charge in [-0.3, -0.25) is 28.8 Å². The summed E-state index contributed by atoms with van der Waals surface area (Å²) in [5, 5.41) is 39.8. The summed E-state index contributed by atoms with van der Waals surface area (Å²) in [6.07, 6.45) is 10.7. The average molecular weight is 864 g/mol. The van der Waals surface area contributed by atoms with Gasteiger partial charge in [0, 0.05) is 42.1 Å². The van der Waals surface area contributed by atoms with E-state index in [4.69, 9.17) is 0 Å². The fourth-order valence-electron chi connectivity index (χ4n) is 13.7. The maximum Gasteiger partial charge on any atom is 0.303 e. The number of carbonyl (C=O) groups is 6. The van der Waals surface area contributed by atoms with Crippen LogP contribution in [0, 0.1) is 45.3 Å². The van der Waals surface area contributed by atoms with Gasteiger partial charge in [0.05, 0.1) is 23.4 Å². The molecule has 6 N–H and O–H groups in total. The Morgan fingerprint density at radius 3 is 2.45 bits per heavy atom. The van der Waals surface area contributed by atoms with Crippen molar-refractivity contribution in [3.05, 3.63) is 53.6 Å². The number of aliphatic carboxylic acids is 1. The molecule has 2 bridgehead atoms. The van der Waals surface area contributed by atoms with Gasteiger partial charge in [0.1, 0.15) is 12.6 Å². The van der Waals surface area contributed by atoms with E-state index in [2.05, 4.69) is 74.9 Å². The number of halogens is 1. The summed E-state index contributed by atoms with van der Waals surface area (Å²) >= 11 is 3.01. The first-order valence-electron chi connectivity index (χ1n) is 20.8. The maximum absolute atomic E-state index is 14.1. The SMILES string of the molecule is C[C@]12C=CC(=O)C=C1CC[C@H]1C3C[C@H]4CN(c5ccc(CC67CC(NC(=O)[C@H](CCC(=O)O)NC(=O)CNC(=O)CBr)(C6)C7)cc5)C[C@@]4(C(=O)CO)[C@@]3(C)C[C@H](O)[C@@H]12. The highest BCUT2D eigenvalue weighted by Crippen LogP contribution is 2.73. The quantitative estimate of drug-likeness (QED) is 0.151. The lowest BCUT2D eigenvalue weighted by Gasteiger charge is -2.71. The first-order chi connectivity index (χ1) is 27.5. The number of aliphatic hydroxyl groups excluding tert-OH is 2. The molecule has 1 heterocycles. The number of hydrogen-bond acceptors (Lipinski definition) is 9. The van der Waals surface area contributed by atoms with Crippen LogP contribution in [-0.4, -0.2) is 99.8 Å². The van der Waals surface area contributed by atoms with E-state index < -0.39 is 47.4 Å². The maximum atomic E-state index is 14.1. The minimum Gasteiger partial charge on any atom is -0.481 e. The average Bonchev–Trinajstić information content (AvgIpc) is 3.66. The van der Waals surface area contributed by atoms with Gasteiger partial charge in [0.2, 0.25) is 17.7 Å². The first kappa shape index (κ1) is 40.9. The molecule has 3 amide bonds. The van der Waals surface area contributed by atoms with Crippen molar-refractivity contribution in [1.29, 1.82) is 0 Å². The van der Waals surface area contributed by atoms with Gasteiger partial charge in [0.25, 0.3) is 0 Å². The predicted molar refractivity (Wildman–Crippen MR) is 217 cm³/mol. The number of carboxylic acid groups (broad SMARTS) is 1. The van der Waals surface area contributed by atoms with Gasteiger partial charge >= 0.3 is 5.97 Å². The summed E-state index contributed by atoms with van der Waals surface area (Å²) in [4.78, 5) is 77.1. The molecule has 8 aliphatic rings. The molecule has 7 fully saturated rings. The normalized spacial score (nSPS) is 38.1. The molecule has 7 aliphatic carbocycles. The summed E-state index contributed by atoms with van der Waals surface area (Å²) in [5.74, 6) is -2.11. The second kappa shape index (κ2) is 14.7. The molecule has 0 spiro atoms. The van der Waals surface area contributed by atoms with Crippen molar-refractivity contribution in [2.45, 2.75) is 95.7 Å². The van der Waals surface area contributed by atoms with Crippen LogP contribution in [0.25, 0.3) is 0 Å². The number of fused-ring (bicyclic) bond motifs is 7. The number of ketones is 2. The van der Waals surface area contributed by atoms with Gasteiger partial charge in [-0.2, -0.15) is 0 Å². The zero-order valence-corrected chi connectivity index (χ0v) is 34.8. The number of nitrogens with zero attached hydrogens (tertiary/aromatic N) is 1. The molecular formula is C44H55BrN4O9. The molecule has 0 radical (unpaired) electrons. The zero-order valence-electron chi connectivity index (χ0n) is 33.2. The number of allylic oxidation sites excluding steroid dienone is 4. The highest BCUT2D eigenvalue weighted by Gasteiger charge is 2.73. The van der Waals surface area contributed by atoms with Crippen LogP contribution in [-0.2, 0) is 35.2 Å². The van der Waals surface area contributed by atoms with Crippen LogP contribution < -0.4 is 20.9 Å². The lowest BCUT2D eigenvalue weighted by Crippen LogP contribution is -2.76. The summed E-state index contributed by atoms with van der Waals surface area (Å²) < 4.78 is 0. The molecule has 1 aliphatic heterocycles. The monoisotopic (exact) mass is 862 g/mol. The summed E-state index contributed by atoms with van der Waals surface area (Å²) in [7, 11) is 0. The van der Waals surface area contributed by atoms with Crippen LogP contribution in [0.1, 0.15) is 77.2 Å². The minimum absolute atomic E-state index is 0.00747. The molecule has 0 aromatic heterocycles. The van der Waals surface area contributed by atoms with Crippen LogP contribution in [0.4, 0.5) is 5.69 Å². The van der Waals surface area contributed by atoms with Crippen LogP contribution >= 0.6 is 15.9 Å². The van der Waals surface area contributed by atoms with E-state index in [1.807, 2.05) is 6.08 Å². The Morgan fingerprint density at radius 2 is 1.78 bits per heavy atom. The van der Waals surface area contributed by atoms with Gasteiger partial charge < -0.3 is 36.2 Å². The van der Waals surface area contributed by atoms with E-state index in [1.165, 1.54) is 5.56 Å². The Balaban J connectivity index is 0.901. The predicted octanol–water partition coefficient (Wildman–Crippen LogP) is 3.00. The van der Waals surface area contributed by atoms with Crippen molar-refractivity contribution in [2.24, 2.45) is 45.3 Å². The fourth-order valence-corrected chi connectivity index (χ4v) is 13.9. The van der Waals surface area contributed by atoms with E-state index >= 15 is 0 Å². The largest absolute Gasteiger partial charge is 0.481 e. The Kier molecular flexibility index (Phi) is 10.4. The first-order valence-corrected chi connectivity index (χ1v) is 21.9. The Hall–Kier alpha value is -3.88. The number of hydrogen-bond donors (Lipinski definition) is 6. The molecule has 6 saturated carbocycles. The van der Waals surface area contributed by atoms with Crippen molar-refractivity contribution in [2.75, 3.05) is 36.5 Å². The molecule has 13 nitrogen and oxygen atoms in total. The van der Waals surface area contributed by atoms with E-state index in [0.29, 0.717) is 19.5 Å². The van der Waals surface area contributed by atoms with Crippen LogP contribution in [0.2, 0.25) is 0 Å². The third-order valence-corrected chi connectivity index (χ3v) is 16.4. The van der Waals surface area contributed by atoms with Crippen molar-refractivity contribution in [3.63, 3.8) is 0 Å². The zero-order chi connectivity index (χ0) is 41.4. The summed E-state index contributed by atoms with van der Waals surface area (Å²) in [6.45, 7) is 4.72. The topological polar surface area (TPSA) is 202 Å². The number of carboxylic acids is 1. The Labute approximate surface area is 347 Å². The second-order valence-electron chi connectivity index (χ2n) is 19.2. The Bertz CT molecular complexity index is 1960. The minimum atomic E-state index is -1.07. The number of benzene rings is 1. The van der Waals surface area contributed by atoms with Crippen LogP contribution in [0.15, 0.2) is 48.1 Å². The second-order valence-corrected chi connectivity index (χ2v) is 19.7. The van der Waals surface area contributed by atoms with Crippen molar-refractivity contribution in [3.8, 4) is 0 Å². The Morgan fingerprint density at radius 1 is 1.05 bits per heavy atom. The molecule has 14 heteroatoms. The fraction of sp³-hybridized carbons (Fsp3) is 0.636. The number of carbonyl (C=O) groups excluding carboxylic acids is 5. The van der Waals surface area contributed by atoms with Gasteiger partial charge in [-0.15, -0.1) is 0 Å². The standard InChI is InChI=1S/C44H55BrN4O9/c1-40-12-11-29(51)13-26(40)5-8-30-31-14-27-19-49(24-44(27,34(53)20-50)41(31,2)16-33(52)38(30)40)28-6-3-25(4-7-28)15-42-21-43(22-42,23-42)48-39(58)32(9-10-37(56)57)47-36(55)18-46-35(54)17-45/h3-4,6-7,11-13,27,30-33,38,50,52H,5,8-10,14-24H2,1-2H3,(H,46,54)(H,47,55)(H,48,58)(H,56,57)/t27-,30-,31?,32-,33-,38+,40-,41-,42?,43?,44+/m0/s1. The molecule has 1 saturated heterocycles. The molecule has 58 heavy (non-hydrogen) atoms. The highest BCUT2D eigenvalue weighted by atomic mass is 79.9. The van der Waals surface area contributed by atoms with Crippen LogP contribution in [0.3, 0.4) is 0 Å². The number of rotatable bonds is 14. The number of amides is 3. The molecule has 312 valence electrons. The van der Waals surface area contributed by atoms with Gasteiger partial charge in [-0.1, -0.05) is 53.6 Å². The van der Waals surface area contributed by atoms with E-state index in [9.17, 15) is 44.1 Å². The number of alkyl halides is 1. The number of Topliss-reactive ketones (excluding diaryl/α,β-unsaturated/α-hetero) is 1. The van der Waals surface area contributed by atoms with Gasteiger partial charge in [-0.05, 0) is 116 Å². The molecule has 9 atom stereocenters. The lowest BCUT2D eigenvalue weighted by atomic mass is 9.38. The molecule has 1 aromatic rings. The summed E-state index contributed by atoms with van der Waals surface area (Å²) in [5.41, 5.74) is 1.33. The number of aliphatic hydroxyl groups is 2. The van der Waals surface area contributed by atoms with Crippen molar-refractivity contribution < 1.29 is 44.1 Å². The van der Waals surface area contributed by atoms with E-state index in [0.717, 1.165) is 56.2 Å². The third kappa shape index (κ3) is 6.56.